The second kappa shape index (κ2) is 8.19. The molecule has 2 rings (SSSR count). The topological polar surface area (TPSA) is 36.9 Å². The van der Waals surface area contributed by atoms with Crippen molar-refractivity contribution >= 4 is 29.9 Å². The molecule has 18 heavy (non-hydrogen) atoms. The van der Waals surface area contributed by atoms with Gasteiger partial charge in [0.25, 0.3) is 0 Å². The molecule has 0 spiro atoms. The summed E-state index contributed by atoms with van der Waals surface area (Å²) in [5, 5.41) is 3.41. The van der Waals surface area contributed by atoms with Crippen LogP contribution in [0.2, 0.25) is 0 Å². The Kier molecular flexibility index (Phi) is 7.29. The number of aliphatic imine (C=N–C) groups is 1. The Hall–Kier alpha value is -0.0400. The third-order valence-electron chi connectivity index (χ3n) is 3.44. The second-order valence-electron chi connectivity index (χ2n) is 5.31. The van der Waals surface area contributed by atoms with Crippen molar-refractivity contribution in [1.29, 1.82) is 0 Å². The molecule has 2 aliphatic rings. The fourth-order valence-electron chi connectivity index (χ4n) is 1.78. The quantitative estimate of drug-likeness (QED) is 0.324. The summed E-state index contributed by atoms with van der Waals surface area (Å²) >= 11 is 0. The van der Waals surface area contributed by atoms with E-state index in [9.17, 15) is 0 Å². The maximum Gasteiger partial charge on any atom is 0.193 e. The summed E-state index contributed by atoms with van der Waals surface area (Å²) in [6.45, 7) is 3.73. The van der Waals surface area contributed by atoms with Gasteiger partial charge in [0.15, 0.2) is 5.96 Å². The van der Waals surface area contributed by atoms with E-state index in [1.165, 1.54) is 25.7 Å². The molecule has 0 saturated heterocycles. The van der Waals surface area contributed by atoms with Gasteiger partial charge in [0, 0.05) is 33.8 Å². The zero-order chi connectivity index (χ0) is 12.1. The van der Waals surface area contributed by atoms with Crippen LogP contribution in [0.5, 0.6) is 0 Å². The Morgan fingerprint density at radius 1 is 1.28 bits per heavy atom. The summed E-state index contributed by atoms with van der Waals surface area (Å²) in [5.74, 6) is 2.73. The van der Waals surface area contributed by atoms with Crippen molar-refractivity contribution in [3.05, 3.63) is 0 Å². The molecule has 2 saturated carbocycles. The van der Waals surface area contributed by atoms with Gasteiger partial charge in [-0.15, -0.1) is 24.0 Å². The molecule has 0 aromatic heterocycles. The monoisotopic (exact) mass is 367 g/mol. The van der Waals surface area contributed by atoms with E-state index in [-0.39, 0.29) is 24.0 Å². The lowest BCUT2D eigenvalue weighted by Gasteiger charge is -2.21. The number of nitrogens with one attached hydrogen (secondary N) is 1. The SMILES string of the molecule is CN=C(NCC1CC1)N(C)CCOCC1CC1.I. The summed E-state index contributed by atoms with van der Waals surface area (Å²) in [5.41, 5.74) is 0. The molecular weight excluding hydrogens is 341 g/mol. The lowest BCUT2D eigenvalue weighted by molar-refractivity contribution is 0.115. The van der Waals surface area contributed by atoms with Crippen LogP contribution in [0, 0.1) is 11.8 Å². The number of rotatable bonds is 7. The van der Waals surface area contributed by atoms with E-state index in [1.54, 1.807) is 0 Å². The first-order valence-corrected chi connectivity index (χ1v) is 6.79. The third kappa shape index (κ3) is 6.22. The highest BCUT2D eigenvalue weighted by Gasteiger charge is 2.22. The average molecular weight is 367 g/mol. The van der Waals surface area contributed by atoms with Crippen molar-refractivity contribution < 1.29 is 4.74 Å². The van der Waals surface area contributed by atoms with Crippen LogP contribution in [0.1, 0.15) is 25.7 Å². The van der Waals surface area contributed by atoms with Gasteiger partial charge in [-0.2, -0.15) is 0 Å². The first kappa shape index (κ1) is 16.0. The van der Waals surface area contributed by atoms with E-state index >= 15 is 0 Å². The van der Waals surface area contributed by atoms with Crippen LogP contribution in [-0.2, 0) is 4.74 Å². The van der Waals surface area contributed by atoms with Crippen LogP contribution in [0.3, 0.4) is 0 Å². The molecule has 0 aliphatic heterocycles. The zero-order valence-corrected chi connectivity index (χ0v) is 13.9. The number of nitrogens with zero attached hydrogens (tertiary/aromatic N) is 2. The maximum absolute atomic E-state index is 5.64. The lowest BCUT2D eigenvalue weighted by atomic mass is 10.4. The summed E-state index contributed by atoms with van der Waals surface area (Å²) in [6.07, 6.45) is 5.47. The molecule has 0 unspecified atom stereocenters. The second-order valence-corrected chi connectivity index (χ2v) is 5.31. The number of hydrogen-bond donors (Lipinski definition) is 1. The van der Waals surface area contributed by atoms with Crippen LogP contribution in [-0.4, -0.2) is 51.3 Å². The highest BCUT2D eigenvalue weighted by Crippen LogP contribution is 2.28. The normalized spacial score (nSPS) is 19.3. The van der Waals surface area contributed by atoms with Gasteiger partial charge in [-0.05, 0) is 37.5 Å². The van der Waals surface area contributed by atoms with Crippen LogP contribution < -0.4 is 5.32 Å². The Morgan fingerprint density at radius 2 is 1.94 bits per heavy atom. The van der Waals surface area contributed by atoms with Gasteiger partial charge >= 0.3 is 0 Å². The minimum Gasteiger partial charge on any atom is -0.379 e. The number of likely N-dealkylation sites (N-methyl/N-ethyl adjacent to an activating group) is 1. The molecule has 0 atom stereocenters. The number of ether oxygens (including phenoxy) is 1. The highest BCUT2D eigenvalue weighted by atomic mass is 127. The largest absolute Gasteiger partial charge is 0.379 e. The summed E-state index contributed by atoms with van der Waals surface area (Å²) in [7, 11) is 3.92. The molecule has 2 fully saturated rings. The molecule has 5 heteroatoms. The Morgan fingerprint density at radius 3 is 2.50 bits per heavy atom. The van der Waals surface area contributed by atoms with Gasteiger partial charge in [0.2, 0.25) is 0 Å². The minimum atomic E-state index is 0. The number of halogens is 1. The van der Waals surface area contributed by atoms with Gasteiger partial charge in [-0.25, -0.2) is 0 Å². The first-order valence-electron chi connectivity index (χ1n) is 6.79. The van der Waals surface area contributed by atoms with Gasteiger partial charge in [-0.1, -0.05) is 0 Å². The van der Waals surface area contributed by atoms with Crippen molar-refractivity contribution in [2.75, 3.05) is 40.4 Å². The van der Waals surface area contributed by atoms with E-state index in [1.807, 2.05) is 7.05 Å². The van der Waals surface area contributed by atoms with Crippen LogP contribution in [0.25, 0.3) is 0 Å². The van der Waals surface area contributed by atoms with Crippen molar-refractivity contribution in [2.45, 2.75) is 25.7 Å². The molecule has 106 valence electrons. The number of guanidine groups is 1. The molecule has 0 bridgehead atoms. The van der Waals surface area contributed by atoms with Gasteiger partial charge in [-0.3, -0.25) is 4.99 Å². The van der Waals surface area contributed by atoms with Crippen LogP contribution >= 0.6 is 24.0 Å². The third-order valence-corrected chi connectivity index (χ3v) is 3.44. The van der Waals surface area contributed by atoms with Gasteiger partial charge in [0.1, 0.15) is 0 Å². The Balaban J connectivity index is 0.00000162. The fraction of sp³-hybridized carbons (Fsp3) is 0.923. The lowest BCUT2D eigenvalue weighted by Crippen LogP contribution is -2.41. The molecule has 0 amide bonds. The smallest absolute Gasteiger partial charge is 0.193 e. The molecule has 0 aromatic rings. The predicted octanol–water partition coefficient (Wildman–Crippen LogP) is 1.95. The van der Waals surface area contributed by atoms with Crippen molar-refractivity contribution in [1.82, 2.24) is 10.2 Å². The minimum absolute atomic E-state index is 0. The summed E-state index contributed by atoms with van der Waals surface area (Å²) in [6, 6.07) is 0. The van der Waals surface area contributed by atoms with E-state index in [0.717, 1.165) is 44.1 Å². The molecule has 1 N–H and O–H groups in total. The highest BCUT2D eigenvalue weighted by molar-refractivity contribution is 14.0. The van der Waals surface area contributed by atoms with Crippen LogP contribution in [0.15, 0.2) is 4.99 Å². The molecular formula is C13H26IN3O. The van der Waals surface area contributed by atoms with Crippen molar-refractivity contribution in [3.8, 4) is 0 Å². The van der Waals surface area contributed by atoms with E-state index in [4.69, 9.17) is 4.74 Å². The van der Waals surface area contributed by atoms with E-state index < -0.39 is 0 Å². The predicted molar refractivity (Wildman–Crippen MR) is 85.7 cm³/mol. The molecule has 2 aliphatic carbocycles. The maximum atomic E-state index is 5.64. The standard InChI is InChI=1S/C13H25N3O.HI/c1-14-13(15-9-11-3-4-11)16(2)7-8-17-10-12-5-6-12;/h11-12H,3-10H2,1-2H3,(H,14,15);1H. The summed E-state index contributed by atoms with van der Waals surface area (Å²) in [4.78, 5) is 6.44. The molecule has 4 nitrogen and oxygen atoms in total. The van der Waals surface area contributed by atoms with Crippen molar-refractivity contribution in [3.63, 3.8) is 0 Å². The van der Waals surface area contributed by atoms with E-state index in [2.05, 4.69) is 22.3 Å². The Bertz CT molecular complexity index is 265. The van der Waals surface area contributed by atoms with Crippen molar-refractivity contribution in [2.24, 2.45) is 16.8 Å². The average Bonchev–Trinajstić information content (AvgIpc) is 3.18. The van der Waals surface area contributed by atoms with Crippen LogP contribution in [0.4, 0.5) is 0 Å². The molecule has 0 aromatic carbocycles. The van der Waals surface area contributed by atoms with E-state index in [0.29, 0.717) is 0 Å². The molecule has 0 heterocycles. The molecule has 0 radical (unpaired) electrons. The zero-order valence-electron chi connectivity index (χ0n) is 11.5. The van der Waals surface area contributed by atoms with Gasteiger partial charge < -0.3 is 15.0 Å². The first-order chi connectivity index (χ1) is 8.29. The number of hydrogen-bond acceptors (Lipinski definition) is 2. The fourth-order valence-corrected chi connectivity index (χ4v) is 1.78. The summed E-state index contributed by atoms with van der Waals surface area (Å²) < 4.78 is 5.64. The Labute approximate surface area is 128 Å². The van der Waals surface area contributed by atoms with Gasteiger partial charge in [0.05, 0.1) is 6.61 Å².